The molecule has 4 aliphatic rings. The molecule has 7 rings (SSSR count). The number of nitrogens with one attached hydrogen (secondary N) is 1. The van der Waals surface area contributed by atoms with E-state index in [0.717, 1.165) is 41.8 Å². The van der Waals surface area contributed by atoms with E-state index in [0.29, 0.717) is 5.92 Å². The molecule has 6 heteroatoms. The summed E-state index contributed by atoms with van der Waals surface area (Å²) in [5.41, 5.74) is 5.90. The van der Waals surface area contributed by atoms with E-state index >= 15 is 0 Å². The summed E-state index contributed by atoms with van der Waals surface area (Å²) in [6.07, 6.45) is 6.42. The van der Waals surface area contributed by atoms with Crippen molar-refractivity contribution in [2.24, 2.45) is 16.9 Å². The van der Waals surface area contributed by atoms with Gasteiger partial charge in [0.15, 0.2) is 5.84 Å². The minimum absolute atomic E-state index is 0.105. The summed E-state index contributed by atoms with van der Waals surface area (Å²) in [7, 11) is 3.43. The van der Waals surface area contributed by atoms with Gasteiger partial charge in [-0.3, -0.25) is 5.43 Å². The van der Waals surface area contributed by atoms with E-state index in [-0.39, 0.29) is 5.66 Å². The summed E-state index contributed by atoms with van der Waals surface area (Å²) in [6, 6.07) is 15.0. The summed E-state index contributed by atoms with van der Waals surface area (Å²) >= 11 is 1.79. The molecule has 1 N–H and O–H groups in total. The van der Waals surface area contributed by atoms with Gasteiger partial charge in [0.1, 0.15) is 17.2 Å². The van der Waals surface area contributed by atoms with Crippen molar-refractivity contribution in [3.63, 3.8) is 0 Å². The molecule has 3 aliphatic carbocycles. The van der Waals surface area contributed by atoms with Gasteiger partial charge >= 0.3 is 0 Å². The van der Waals surface area contributed by atoms with Crippen molar-refractivity contribution in [1.82, 2.24) is 10.3 Å². The van der Waals surface area contributed by atoms with Crippen LogP contribution in [0.2, 0.25) is 0 Å². The number of methoxy groups -OCH3 is 2. The third-order valence-corrected chi connectivity index (χ3v) is 8.63. The number of hydrazone groups is 1. The Balaban J connectivity index is 1.42. The van der Waals surface area contributed by atoms with E-state index in [2.05, 4.69) is 46.0 Å². The molecule has 2 bridgehead atoms. The van der Waals surface area contributed by atoms with Crippen molar-refractivity contribution in [2.75, 3.05) is 14.2 Å². The standard InChI is InChI=1S/C26H29N3O2S/c1-30-22-10-7-20(23(14-22)31-2)16-29-25(19-6-5-18-11-12-32-24(18)13-19)27-28-26(29)15-17-3-8-21(26)9-4-17/h5-7,10-14,17,21,28H,3-4,8-9,15-16H2,1-2H3/t17?,21?,26-/m1/s1. The Hall–Kier alpha value is -2.73. The van der Waals surface area contributed by atoms with Gasteiger partial charge < -0.3 is 14.4 Å². The quantitative estimate of drug-likeness (QED) is 0.554. The van der Waals surface area contributed by atoms with Crippen LogP contribution in [-0.4, -0.2) is 30.6 Å². The number of fused-ring (bicyclic) bond motifs is 3. The average Bonchev–Trinajstić information content (AvgIpc) is 3.45. The molecule has 32 heavy (non-hydrogen) atoms. The fraction of sp³-hybridized carbons (Fsp3) is 0.423. The van der Waals surface area contributed by atoms with E-state index < -0.39 is 0 Å². The Morgan fingerprint density at radius 3 is 2.69 bits per heavy atom. The van der Waals surface area contributed by atoms with Gasteiger partial charge in [0, 0.05) is 27.8 Å². The van der Waals surface area contributed by atoms with Crippen LogP contribution in [-0.2, 0) is 6.54 Å². The van der Waals surface area contributed by atoms with Crippen molar-refractivity contribution >= 4 is 27.3 Å². The summed E-state index contributed by atoms with van der Waals surface area (Å²) in [5.74, 6) is 4.12. The number of benzene rings is 2. The number of rotatable bonds is 5. The van der Waals surface area contributed by atoms with E-state index in [1.54, 1.807) is 25.6 Å². The molecule has 5 nitrogen and oxygen atoms in total. The number of thiophene rings is 1. The van der Waals surface area contributed by atoms with Gasteiger partial charge in [-0.25, -0.2) is 0 Å². The van der Waals surface area contributed by atoms with Gasteiger partial charge in [-0.15, -0.1) is 11.3 Å². The van der Waals surface area contributed by atoms with Gasteiger partial charge in [-0.2, -0.15) is 5.10 Å². The normalized spacial score (nSPS) is 26.4. The molecule has 2 aromatic carbocycles. The predicted molar refractivity (Wildman–Crippen MR) is 129 cm³/mol. The molecule has 0 unspecified atom stereocenters. The van der Waals surface area contributed by atoms with Gasteiger partial charge in [0.05, 0.1) is 20.8 Å². The Labute approximate surface area is 193 Å². The van der Waals surface area contributed by atoms with Crippen LogP contribution in [0.1, 0.15) is 43.2 Å². The molecule has 1 aliphatic heterocycles. The first-order valence-corrected chi connectivity index (χ1v) is 12.4. The fourth-order valence-electron chi connectivity index (χ4n) is 6.06. The molecule has 3 saturated carbocycles. The second kappa shape index (κ2) is 7.69. The first-order valence-electron chi connectivity index (χ1n) is 11.5. The summed E-state index contributed by atoms with van der Waals surface area (Å²) < 4.78 is 12.5. The smallest absolute Gasteiger partial charge is 0.158 e. The lowest BCUT2D eigenvalue weighted by atomic mass is 9.63. The van der Waals surface area contributed by atoms with Crippen LogP contribution in [0.3, 0.4) is 0 Å². The number of ether oxygens (including phenoxy) is 2. The zero-order chi connectivity index (χ0) is 21.7. The van der Waals surface area contributed by atoms with Crippen molar-refractivity contribution in [1.29, 1.82) is 0 Å². The number of nitrogens with zero attached hydrogens (tertiary/aromatic N) is 2. The minimum atomic E-state index is -0.105. The molecule has 166 valence electrons. The molecule has 3 aromatic rings. The highest BCUT2D eigenvalue weighted by Gasteiger charge is 2.54. The van der Waals surface area contributed by atoms with E-state index in [9.17, 15) is 0 Å². The second-order valence-corrected chi connectivity index (χ2v) is 10.3. The summed E-state index contributed by atoms with van der Waals surface area (Å²) in [6.45, 7) is 0.755. The summed E-state index contributed by atoms with van der Waals surface area (Å²) in [5, 5.41) is 8.44. The largest absolute Gasteiger partial charge is 0.497 e. The van der Waals surface area contributed by atoms with Gasteiger partial charge in [-0.05, 0) is 73.1 Å². The Morgan fingerprint density at radius 2 is 1.94 bits per heavy atom. The maximum atomic E-state index is 5.76. The van der Waals surface area contributed by atoms with Crippen LogP contribution in [0.4, 0.5) is 0 Å². The zero-order valence-corrected chi connectivity index (χ0v) is 19.5. The molecule has 2 heterocycles. The zero-order valence-electron chi connectivity index (χ0n) is 18.6. The highest BCUT2D eigenvalue weighted by Crippen LogP contribution is 2.51. The Bertz CT molecular complexity index is 1180. The highest BCUT2D eigenvalue weighted by atomic mass is 32.1. The minimum Gasteiger partial charge on any atom is -0.497 e. The Morgan fingerprint density at radius 1 is 1.06 bits per heavy atom. The first-order chi connectivity index (χ1) is 15.7. The fourth-order valence-corrected chi connectivity index (χ4v) is 6.89. The van der Waals surface area contributed by atoms with E-state index in [4.69, 9.17) is 14.6 Å². The van der Waals surface area contributed by atoms with Crippen LogP contribution < -0.4 is 14.9 Å². The van der Waals surface area contributed by atoms with Crippen LogP contribution >= 0.6 is 11.3 Å². The molecule has 0 amide bonds. The third kappa shape index (κ3) is 3.07. The van der Waals surface area contributed by atoms with E-state index in [1.165, 1.54) is 41.3 Å². The highest BCUT2D eigenvalue weighted by molar-refractivity contribution is 7.17. The monoisotopic (exact) mass is 447 g/mol. The lowest BCUT2D eigenvalue weighted by Crippen LogP contribution is -2.63. The van der Waals surface area contributed by atoms with E-state index in [1.807, 2.05) is 12.1 Å². The van der Waals surface area contributed by atoms with Gasteiger partial charge in [-0.1, -0.05) is 12.1 Å². The number of amidine groups is 1. The van der Waals surface area contributed by atoms with Gasteiger partial charge in [0.2, 0.25) is 0 Å². The molecular weight excluding hydrogens is 418 g/mol. The van der Waals surface area contributed by atoms with Crippen LogP contribution in [0.25, 0.3) is 10.1 Å². The number of hydrogen-bond donors (Lipinski definition) is 1. The molecular formula is C26H29N3O2S. The molecule has 1 atom stereocenters. The average molecular weight is 448 g/mol. The molecule has 0 saturated heterocycles. The number of hydrogen-bond acceptors (Lipinski definition) is 6. The predicted octanol–water partition coefficient (Wildman–Crippen LogP) is 5.59. The Kier molecular flexibility index (Phi) is 4.79. The molecule has 1 aromatic heterocycles. The molecule has 3 fully saturated rings. The van der Waals surface area contributed by atoms with Crippen molar-refractivity contribution in [2.45, 2.75) is 44.3 Å². The van der Waals surface area contributed by atoms with Crippen molar-refractivity contribution < 1.29 is 9.47 Å². The molecule has 0 radical (unpaired) electrons. The summed E-state index contributed by atoms with van der Waals surface area (Å²) in [4.78, 5) is 2.54. The maximum absolute atomic E-state index is 5.76. The van der Waals surface area contributed by atoms with Crippen LogP contribution in [0.5, 0.6) is 11.5 Å². The SMILES string of the molecule is COc1ccc(CN2C(c3ccc4ccsc4c3)=NN[C@]23CC2CCC3CC2)c(OC)c1. The lowest BCUT2D eigenvalue weighted by Gasteiger charge is -2.54. The second-order valence-electron chi connectivity index (χ2n) is 9.33. The van der Waals surface area contributed by atoms with Crippen LogP contribution in [0, 0.1) is 11.8 Å². The first kappa shape index (κ1) is 19.9. The van der Waals surface area contributed by atoms with Crippen molar-refractivity contribution in [3.05, 3.63) is 59.0 Å². The topological polar surface area (TPSA) is 46.1 Å². The van der Waals surface area contributed by atoms with Crippen molar-refractivity contribution in [3.8, 4) is 11.5 Å². The molecule has 1 spiro atoms. The third-order valence-electron chi connectivity index (χ3n) is 7.75. The van der Waals surface area contributed by atoms with Gasteiger partial charge in [0.25, 0.3) is 0 Å². The van der Waals surface area contributed by atoms with Crippen LogP contribution in [0.15, 0.2) is 52.9 Å². The lowest BCUT2D eigenvalue weighted by molar-refractivity contribution is -0.0333. The maximum Gasteiger partial charge on any atom is 0.158 e.